The number of rotatable bonds is 5. The highest BCUT2D eigenvalue weighted by atomic mass is 16.5. The van der Waals surface area contributed by atoms with Crippen molar-refractivity contribution >= 4 is 11.9 Å². The zero-order valence-electron chi connectivity index (χ0n) is 11.7. The zero-order valence-corrected chi connectivity index (χ0v) is 11.7. The van der Waals surface area contributed by atoms with Crippen LogP contribution in [0.4, 0.5) is 0 Å². The number of fused-ring (bicyclic) bond motifs is 2. The molecule has 0 heterocycles. The van der Waals surface area contributed by atoms with E-state index in [1.54, 1.807) is 6.92 Å². The summed E-state index contributed by atoms with van der Waals surface area (Å²) in [5.41, 5.74) is 5.58. The summed E-state index contributed by atoms with van der Waals surface area (Å²) in [5.74, 6) is 1.04. The average Bonchev–Trinajstić information content (AvgIpc) is 3.00. The van der Waals surface area contributed by atoms with Crippen molar-refractivity contribution in [2.75, 3.05) is 6.61 Å². The highest BCUT2D eigenvalue weighted by Gasteiger charge is 2.42. The summed E-state index contributed by atoms with van der Waals surface area (Å²) in [5, 5.41) is 2.88. The van der Waals surface area contributed by atoms with Crippen LogP contribution in [-0.4, -0.2) is 30.6 Å². The van der Waals surface area contributed by atoms with E-state index in [0.717, 1.165) is 11.8 Å². The molecule has 0 radical (unpaired) electrons. The highest BCUT2D eigenvalue weighted by Crippen LogP contribution is 2.49. The average molecular weight is 268 g/mol. The summed E-state index contributed by atoms with van der Waals surface area (Å²) in [6.07, 6.45) is 5.11. The second-order valence-electron chi connectivity index (χ2n) is 5.87. The van der Waals surface area contributed by atoms with Gasteiger partial charge in [-0.2, -0.15) is 0 Å². The van der Waals surface area contributed by atoms with Gasteiger partial charge >= 0.3 is 5.97 Å². The van der Waals surface area contributed by atoms with Gasteiger partial charge in [0.1, 0.15) is 0 Å². The topological polar surface area (TPSA) is 81.4 Å². The highest BCUT2D eigenvalue weighted by molar-refractivity contribution is 6.01. The van der Waals surface area contributed by atoms with Gasteiger partial charge in [0, 0.05) is 6.04 Å². The Hall–Kier alpha value is -1.10. The molecule has 2 aliphatic rings. The number of hydrogen-bond acceptors (Lipinski definition) is 4. The van der Waals surface area contributed by atoms with Crippen LogP contribution in [-0.2, 0) is 14.3 Å². The number of ether oxygens (including phenoxy) is 1. The fraction of sp³-hybridized carbons (Fsp3) is 0.857. The first-order valence-electron chi connectivity index (χ1n) is 7.25. The molecule has 2 fully saturated rings. The van der Waals surface area contributed by atoms with Gasteiger partial charge in [-0.3, -0.25) is 4.79 Å². The van der Waals surface area contributed by atoms with E-state index in [4.69, 9.17) is 10.5 Å². The number of carbonyl (C=O) groups is 2. The van der Waals surface area contributed by atoms with Crippen molar-refractivity contribution in [3.8, 4) is 0 Å². The fourth-order valence-electron chi connectivity index (χ4n) is 3.67. The summed E-state index contributed by atoms with van der Waals surface area (Å²) >= 11 is 0. The van der Waals surface area contributed by atoms with Gasteiger partial charge in [0.05, 0.1) is 6.61 Å². The molecule has 2 aliphatic carbocycles. The number of amides is 1. The third-order valence-corrected chi connectivity index (χ3v) is 4.63. The van der Waals surface area contributed by atoms with Crippen LogP contribution < -0.4 is 11.1 Å². The molecule has 0 saturated heterocycles. The third-order valence-electron chi connectivity index (χ3n) is 4.63. The van der Waals surface area contributed by atoms with Crippen molar-refractivity contribution in [1.29, 1.82) is 0 Å². The van der Waals surface area contributed by atoms with E-state index in [2.05, 4.69) is 5.32 Å². The van der Waals surface area contributed by atoms with Crippen LogP contribution in [0.3, 0.4) is 0 Å². The predicted octanol–water partition coefficient (Wildman–Crippen LogP) is 0.818. The Bertz CT molecular complexity index is 359. The summed E-state index contributed by atoms with van der Waals surface area (Å²) in [4.78, 5) is 23.3. The summed E-state index contributed by atoms with van der Waals surface area (Å²) in [6.45, 7) is 3.95. The minimum atomic E-state index is -1.21. The van der Waals surface area contributed by atoms with E-state index in [0.29, 0.717) is 5.92 Å². The van der Waals surface area contributed by atoms with Gasteiger partial charge in [-0.05, 0) is 50.9 Å². The van der Waals surface area contributed by atoms with E-state index >= 15 is 0 Å². The Balaban J connectivity index is 1.83. The molecular formula is C14H24N2O3. The fourth-order valence-corrected chi connectivity index (χ4v) is 3.67. The van der Waals surface area contributed by atoms with Gasteiger partial charge in [0.15, 0.2) is 6.04 Å². The molecule has 0 aromatic heterocycles. The molecule has 0 aromatic carbocycles. The van der Waals surface area contributed by atoms with Crippen molar-refractivity contribution in [2.45, 2.75) is 51.6 Å². The van der Waals surface area contributed by atoms with Crippen molar-refractivity contribution in [3.63, 3.8) is 0 Å². The van der Waals surface area contributed by atoms with Gasteiger partial charge in [-0.1, -0.05) is 6.42 Å². The number of esters is 1. The minimum absolute atomic E-state index is 0.0864. The largest absolute Gasteiger partial charge is 0.464 e. The van der Waals surface area contributed by atoms with Gasteiger partial charge < -0.3 is 15.8 Å². The molecule has 5 atom stereocenters. The van der Waals surface area contributed by atoms with Crippen LogP contribution in [0.25, 0.3) is 0 Å². The predicted molar refractivity (Wildman–Crippen MR) is 71.2 cm³/mol. The summed E-state index contributed by atoms with van der Waals surface area (Å²) in [7, 11) is 0. The number of nitrogens with two attached hydrogens (primary N) is 1. The van der Waals surface area contributed by atoms with E-state index in [1.165, 1.54) is 25.7 Å². The molecule has 108 valence electrons. The number of carbonyl (C=O) groups excluding carboxylic acids is 2. The molecule has 0 aromatic rings. The molecule has 3 N–H and O–H groups in total. The van der Waals surface area contributed by atoms with Gasteiger partial charge in [0.25, 0.3) is 0 Å². The Labute approximate surface area is 114 Å². The molecule has 5 heteroatoms. The lowest BCUT2D eigenvalue weighted by molar-refractivity contribution is -0.148. The van der Waals surface area contributed by atoms with Crippen LogP contribution in [0.1, 0.15) is 39.5 Å². The van der Waals surface area contributed by atoms with E-state index < -0.39 is 17.9 Å². The second kappa shape index (κ2) is 5.90. The molecule has 5 nitrogen and oxygen atoms in total. The molecule has 0 spiro atoms. The Morgan fingerprint density at radius 2 is 2.11 bits per heavy atom. The maximum atomic E-state index is 11.9. The molecule has 0 aliphatic heterocycles. The third kappa shape index (κ3) is 3.08. The van der Waals surface area contributed by atoms with Crippen LogP contribution in [0, 0.1) is 17.8 Å². The number of hydrogen-bond donors (Lipinski definition) is 2. The van der Waals surface area contributed by atoms with Gasteiger partial charge in [0.2, 0.25) is 5.91 Å². The number of nitrogens with one attached hydrogen (secondary N) is 1. The second-order valence-corrected chi connectivity index (χ2v) is 5.87. The summed E-state index contributed by atoms with van der Waals surface area (Å²) in [6, 6.07) is -1.12. The van der Waals surface area contributed by atoms with Gasteiger partial charge in [-0.15, -0.1) is 0 Å². The minimum Gasteiger partial charge on any atom is -0.464 e. The van der Waals surface area contributed by atoms with Crippen LogP contribution in [0.2, 0.25) is 0 Å². The Kier molecular flexibility index (Phi) is 4.45. The first-order valence-corrected chi connectivity index (χ1v) is 7.25. The van der Waals surface area contributed by atoms with Gasteiger partial charge in [-0.25, -0.2) is 4.79 Å². The van der Waals surface area contributed by atoms with Crippen molar-refractivity contribution in [2.24, 2.45) is 23.5 Å². The molecule has 19 heavy (non-hydrogen) atoms. The smallest absolute Gasteiger partial charge is 0.332 e. The molecule has 1 amide bonds. The van der Waals surface area contributed by atoms with Crippen LogP contribution in [0.5, 0.6) is 0 Å². The van der Waals surface area contributed by atoms with Crippen LogP contribution in [0.15, 0.2) is 0 Å². The first-order chi connectivity index (χ1) is 9.02. The van der Waals surface area contributed by atoms with Crippen molar-refractivity contribution in [3.05, 3.63) is 0 Å². The van der Waals surface area contributed by atoms with E-state index in [1.807, 2.05) is 6.92 Å². The van der Waals surface area contributed by atoms with E-state index in [9.17, 15) is 9.59 Å². The first kappa shape index (κ1) is 14.3. The molecule has 2 saturated carbocycles. The maximum Gasteiger partial charge on any atom is 0.332 e. The normalized spacial score (nSPS) is 31.8. The van der Waals surface area contributed by atoms with Crippen molar-refractivity contribution in [1.82, 2.24) is 5.32 Å². The molecule has 5 unspecified atom stereocenters. The summed E-state index contributed by atoms with van der Waals surface area (Å²) < 4.78 is 4.76. The Morgan fingerprint density at radius 3 is 2.63 bits per heavy atom. The van der Waals surface area contributed by atoms with Crippen molar-refractivity contribution < 1.29 is 14.3 Å². The lowest BCUT2D eigenvalue weighted by atomic mass is 9.84. The quantitative estimate of drug-likeness (QED) is 0.571. The standard InChI is InChI=1S/C14H24N2O3/c1-3-19-14(18)12(15)13(17)16-8(2)11-7-9-4-5-10(11)6-9/h8-12H,3-7,15H2,1-2H3,(H,16,17). The monoisotopic (exact) mass is 268 g/mol. The maximum absolute atomic E-state index is 11.9. The molecule has 2 bridgehead atoms. The zero-order chi connectivity index (χ0) is 14.0. The molecule has 2 rings (SSSR count). The lowest BCUT2D eigenvalue weighted by Gasteiger charge is -2.29. The molecular weight excluding hydrogens is 244 g/mol. The van der Waals surface area contributed by atoms with E-state index in [-0.39, 0.29) is 12.6 Å². The van der Waals surface area contributed by atoms with Crippen LogP contribution >= 0.6 is 0 Å². The SMILES string of the molecule is CCOC(=O)C(N)C(=O)NC(C)C1CC2CCC1C2. The lowest BCUT2D eigenvalue weighted by Crippen LogP contribution is -2.51. The Morgan fingerprint density at radius 1 is 1.37 bits per heavy atom.